The highest BCUT2D eigenvalue weighted by atomic mass is 16.1. The number of hydrogen-bond acceptors (Lipinski definition) is 2. The van der Waals surface area contributed by atoms with Crippen LogP contribution in [0.4, 0.5) is 0 Å². The molecule has 1 heterocycles. The van der Waals surface area contributed by atoms with Gasteiger partial charge in [0.2, 0.25) is 5.91 Å². The number of nitrogens with one attached hydrogen (secondary N) is 2. The van der Waals surface area contributed by atoms with Gasteiger partial charge in [-0.25, -0.2) is 0 Å². The molecule has 1 fully saturated rings. The molecule has 1 aliphatic carbocycles. The SMILES string of the molecule is CCCC(CCc1ccccc1)NC(=O)C1=CC2(CCNCC2)C1. The molecule has 130 valence electrons. The van der Waals surface area contributed by atoms with Gasteiger partial charge in [-0.1, -0.05) is 49.8 Å². The van der Waals surface area contributed by atoms with E-state index in [0.29, 0.717) is 5.41 Å². The lowest BCUT2D eigenvalue weighted by Gasteiger charge is -2.42. The highest BCUT2D eigenvalue weighted by Gasteiger charge is 2.40. The zero-order valence-corrected chi connectivity index (χ0v) is 14.8. The minimum atomic E-state index is 0.172. The van der Waals surface area contributed by atoms with E-state index >= 15 is 0 Å². The van der Waals surface area contributed by atoms with Crippen LogP contribution < -0.4 is 10.6 Å². The molecular formula is C21H30N2O. The monoisotopic (exact) mass is 326 g/mol. The number of carbonyl (C=O) groups excluding carboxylic acids is 1. The van der Waals surface area contributed by atoms with Crippen molar-refractivity contribution in [1.29, 1.82) is 0 Å². The maximum Gasteiger partial charge on any atom is 0.247 e. The smallest absolute Gasteiger partial charge is 0.247 e. The van der Waals surface area contributed by atoms with Crippen molar-refractivity contribution in [3.8, 4) is 0 Å². The molecule has 1 spiro atoms. The van der Waals surface area contributed by atoms with Crippen molar-refractivity contribution in [1.82, 2.24) is 10.6 Å². The van der Waals surface area contributed by atoms with Gasteiger partial charge in [-0.2, -0.15) is 0 Å². The van der Waals surface area contributed by atoms with Gasteiger partial charge >= 0.3 is 0 Å². The Morgan fingerprint density at radius 2 is 1.92 bits per heavy atom. The number of hydrogen-bond donors (Lipinski definition) is 2. The van der Waals surface area contributed by atoms with Gasteiger partial charge < -0.3 is 10.6 Å². The third-order valence-corrected chi connectivity index (χ3v) is 5.51. The van der Waals surface area contributed by atoms with Gasteiger partial charge in [-0.05, 0) is 62.6 Å². The van der Waals surface area contributed by atoms with Gasteiger partial charge in [-0.15, -0.1) is 0 Å². The number of aryl methyl sites for hydroxylation is 1. The Labute approximate surface area is 145 Å². The van der Waals surface area contributed by atoms with E-state index in [2.05, 4.69) is 54.0 Å². The summed E-state index contributed by atoms with van der Waals surface area (Å²) in [6.07, 6.45) is 9.79. The van der Waals surface area contributed by atoms with Gasteiger partial charge in [0, 0.05) is 11.6 Å². The summed E-state index contributed by atoms with van der Waals surface area (Å²) in [6.45, 7) is 4.36. The Morgan fingerprint density at radius 1 is 1.21 bits per heavy atom. The molecule has 1 aromatic rings. The van der Waals surface area contributed by atoms with Gasteiger partial charge in [0.05, 0.1) is 0 Å². The fourth-order valence-electron chi connectivity index (χ4n) is 4.01. The Hall–Kier alpha value is -1.61. The molecule has 0 bridgehead atoms. The quantitative estimate of drug-likeness (QED) is 0.804. The Morgan fingerprint density at radius 3 is 2.58 bits per heavy atom. The van der Waals surface area contributed by atoms with E-state index in [4.69, 9.17) is 0 Å². The maximum atomic E-state index is 12.6. The van der Waals surface area contributed by atoms with Crippen LogP contribution in [0.15, 0.2) is 42.0 Å². The van der Waals surface area contributed by atoms with Crippen molar-refractivity contribution in [3.63, 3.8) is 0 Å². The van der Waals surface area contributed by atoms with Crippen LogP contribution in [0.3, 0.4) is 0 Å². The van der Waals surface area contributed by atoms with Gasteiger partial charge in [0.15, 0.2) is 0 Å². The summed E-state index contributed by atoms with van der Waals surface area (Å²) in [6, 6.07) is 10.8. The molecule has 0 saturated carbocycles. The van der Waals surface area contributed by atoms with Crippen LogP contribution in [0.25, 0.3) is 0 Å². The minimum absolute atomic E-state index is 0.172. The van der Waals surface area contributed by atoms with Crippen molar-refractivity contribution >= 4 is 5.91 Å². The van der Waals surface area contributed by atoms with Crippen LogP contribution in [0.2, 0.25) is 0 Å². The molecule has 1 saturated heterocycles. The average Bonchev–Trinajstić information content (AvgIpc) is 2.59. The summed E-state index contributed by atoms with van der Waals surface area (Å²) in [5.41, 5.74) is 2.68. The highest BCUT2D eigenvalue weighted by molar-refractivity contribution is 5.95. The van der Waals surface area contributed by atoms with Gasteiger partial charge in [0.25, 0.3) is 0 Å². The molecule has 1 aliphatic heterocycles. The maximum absolute atomic E-state index is 12.6. The van der Waals surface area contributed by atoms with Crippen LogP contribution in [-0.4, -0.2) is 25.0 Å². The lowest BCUT2D eigenvalue weighted by Crippen LogP contribution is -2.44. The molecule has 1 atom stereocenters. The fraction of sp³-hybridized carbons (Fsp3) is 0.571. The van der Waals surface area contributed by atoms with E-state index < -0.39 is 0 Å². The van der Waals surface area contributed by atoms with E-state index in [9.17, 15) is 4.79 Å². The molecule has 1 amide bonds. The normalized spacial score (nSPS) is 20.1. The molecule has 3 rings (SSSR count). The molecule has 1 aromatic carbocycles. The second kappa shape index (κ2) is 7.98. The third-order valence-electron chi connectivity index (χ3n) is 5.51. The van der Waals surface area contributed by atoms with Crippen molar-refractivity contribution in [2.45, 2.75) is 57.9 Å². The van der Waals surface area contributed by atoms with E-state index in [-0.39, 0.29) is 11.9 Å². The fourth-order valence-corrected chi connectivity index (χ4v) is 4.01. The van der Waals surface area contributed by atoms with Crippen molar-refractivity contribution in [2.24, 2.45) is 5.41 Å². The van der Waals surface area contributed by atoms with Crippen molar-refractivity contribution in [3.05, 3.63) is 47.5 Å². The van der Waals surface area contributed by atoms with Crippen molar-refractivity contribution in [2.75, 3.05) is 13.1 Å². The second-order valence-corrected chi connectivity index (χ2v) is 7.44. The summed E-state index contributed by atoms with van der Waals surface area (Å²) in [7, 11) is 0. The lowest BCUT2D eigenvalue weighted by molar-refractivity contribution is -0.119. The first-order valence-corrected chi connectivity index (χ1v) is 9.48. The van der Waals surface area contributed by atoms with Crippen LogP contribution in [0, 0.1) is 5.41 Å². The van der Waals surface area contributed by atoms with Crippen LogP contribution in [-0.2, 0) is 11.2 Å². The van der Waals surface area contributed by atoms with Gasteiger partial charge in [0.1, 0.15) is 0 Å². The summed E-state index contributed by atoms with van der Waals surface area (Å²) in [5.74, 6) is 0.172. The van der Waals surface area contributed by atoms with E-state index in [1.54, 1.807) is 0 Å². The molecule has 3 heteroatoms. The largest absolute Gasteiger partial charge is 0.350 e. The number of allylic oxidation sites excluding steroid dienone is 1. The Balaban J connectivity index is 1.51. The predicted octanol–water partition coefficient (Wildman–Crippen LogP) is 3.60. The number of carbonyl (C=O) groups is 1. The molecule has 0 radical (unpaired) electrons. The zero-order valence-electron chi connectivity index (χ0n) is 14.8. The average molecular weight is 326 g/mol. The molecule has 2 N–H and O–H groups in total. The molecule has 24 heavy (non-hydrogen) atoms. The molecule has 2 aliphatic rings. The summed E-state index contributed by atoms with van der Waals surface area (Å²) in [5, 5.41) is 6.69. The Bertz CT molecular complexity index is 573. The number of amides is 1. The van der Waals surface area contributed by atoms with Crippen LogP contribution in [0.1, 0.15) is 51.0 Å². The molecule has 0 aromatic heterocycles. The Kier molecular flexibility index (Phi) is 5.72. The van der Waals surface area contributed by atoms with Crippen LogP contribution >= 0.6 is 0 Å². The van der Waals surface area contributed by atoms with E-state index in [1.165, 1.54) is 18.4 Å². The molecule has 3 nitrogen and oxygen atoms in total. The van der Waals surface area contributed by atoms with Crippen molar-refractivity contribution < 1.29 is 4.79 Å². The summed E-state index contributed by atoms with van der Waals surface area (Å²) in [4.78, 5) is 12.6. The van der Waals surface area contributed by atoms with E-state index in [0.717, 1.165) is 50.8 Å². The second-order valence-electron chi connectivity index (χ2n) is 7.44. The lowest BCUT2D eigenvalue weighted by atomic mass is 9.65. The summed E-state index contributed by atoms with van der Waals surface area (Å²) >= 11 is 0. The van der Waals surface area contributed by atoms with E-state index in [1.807, 2.05) is 0 Å². The third kappa shape index (κ3) is 4.27. The molecular weight excluding hydrogens is 296 g/mol. The minimum Gasteiger partial charge on any atom is -0.350 e. The topological polar surface area (TPSA) is 41.1 Å². The predicted molar refractivity (Wildman–Crippen MR) is 98.8 cm³/mol. The first kappa shape index (κ1) is 17.2. The zero-order chi connectivity index (χ0) is 16.8. The van der Waals surface area contributed by atoms with Gasteiger partial charge in [-0.3, -0.25) is 4.79 Å². The molecule has 1 unspecified atom stereocenters. The number of piperidine rings is 1. The number of rotatable bonds is 7. The first-order valence-electron chi connectivity index (χ1n) is 9.48. The standard InChI is InChI=1S/C21H30N2O/c1-2-6-19(10-9-17-7-4-3-5-8-17)23-20(24)18-15-21(16-18)11-13-22-14-12-21/h3-5,7-8,15,19,22H,2,6,9-14,16H2,1H3,(H,23,24). The first-order chi connectivity index (χ1) is 11.7. The van der Waals surface area contributed by atoms with Crippen LogP contribution in [0.5, 0.6) is 0 Å². The summed E-state index contributed by atoms with van der Waals surface area (Å²) < 4.78 is 0. The number of benzene rings is 1. The highest BCUT2D eigenvalue weighted by Crippen LogP contribution is 2.45.